The van der Waals surface area contributed by atoms with Crippen LogP contribution in [-0.2, 0) is 13.2 Å². The minimum absolute atomic E-state index is 0.296. The van der Waals surface area contributed by atoms with Gasteiger partial charge in [0.2, 0.25) is 12.2 Å². The van der Waals surface area contributed by atoms with E-state index in [2.05, 4.69) is 14.7 Å². The summed E-state index contributed by atoms with van der Waals surface area (Å²) in [7, 11) is 0. The van der Waals surface area contributed by atoms with Gasteiger partial charge in [-0.1, -0.05) is 17.3 Å². The van der Waals surface area contributed by atoms with Gasteiger partial charge in [0.15, 0.2) is 6.61 Å². The number of benzene rings is 1. The minimum Gasteiger partial charge on any atom is -0.485 e. The Morgan fingerprint density at radius 3 is 3.07 bits per heavy atom. The summed E-state index contributed by atoms with van der Waals surface area (Å²) in [6, 6.07) is 7.59. The second-order valence-corrected chi connectivity index (χ2v) is 2.99. The number of aromatic nitrogens is 2. The SMILES string of the molecule is NCc1cccc(OCc2ncon2)c1. The molecule has 5 heteroatoms. The molecule has 0 spiro atoms. The Morgan fingerprint density at radius 1 is 1.40 bits per heavy atom. The van der Waals surface area contributed by atoms with Gasteiger partial charge in [-0.15, -0.1) is 0 Å². The first-order valence-electron chi connectivity index (χ1n) is 4.55. The number of hydrogen-bond donors (Lipinski definition) is 1. The van der Waals surface area contributed by atoms with Crippen molar-refractivity contribution in [2.45, 2.75) is 13.2 Å². The Bertz CT molecular complexity index is 414. The zero-order chi connectivity index (χ0) is 10.5. The Hall–Kier alpha value is -1.88. The number of ether oxygens (including phenoxy) is 1. The average molecular weight is 205 g/mol. The predicted molar refractivity (Wildman–Crippen MR) is 53.0 cm³/mol. The lowest BCUT2D eigenvalue weighted by atomic mass is 10.2. The molecule has 0 aliphatic carbocycles. The minimum atomic E-state index is 0.296. The number of rotatable bonds is 4. The fraction of sp³-hybridized carbons (Fsp3) is 0.200. The molecule has 0 unspecified atom stereocenters. The second kappa shape index (κ2) is 4.56. The molecule has 5 nitrogen and oxygen atoms in total. The highest BCUT2D eigenvalue weighted by molar-refractivity contribution is 5.28. The van der Waals surface area contributed by atoms with Crippen molar-refractivity contribution >= 4 is 0 Å². The van der Waals surface area contributed by atoms with Crippen LogP contribution in [0.4, 0.5) is 0 Å². The van der Waals surface area contributed by atoms with Crippen molar-refractivity contribution in [1.29, 1.82) is 0 Å². The van der Waals surface area contributed by atoms with E-state index in [-0.39, 0.29) is 0 Å². The van der Waals surface area contributed by atoms with Crippen LogP contribution >= 0.6 is 0 Å². The molecule has 0 atom stereocenters. The van der Waals surface area contributed by atoms with Gasteiger partial charge in [-0.25, -0.2) is 0 Å². The molecule has 0 aliphatic heterocycles. The summed E-state index contributed by atoms with van der Waals surface area (Å²) in [5.74, 6) is 1.27. The molecule has 0 saturated heterocycles. The van der Waals surface area contributed by atoms with Gasteiger partial charge in [0.25, 0.3) is 0 Å². The van der Waals surface area contributed by atoms with E-state index < -0.39 is 0 Å². The van der Waals surface area contributed by atoms with Crippen LogP contribution in [0.15, 0.2) is 35.2 Å². The Labute approximate surface area is 86.9 Å². The molecule has 78 valence electrons. The van der Waals surface area contributed by atoms with Crippen molar-refractivity contribution in [1.82, 2.24) is 10.1 Å². The van der Waals surface area contributed by atoms with Crippen molar-refractivity contribution in [2.24, 2.45) is 5.73 Å². The first-order chi connectivity index (χ1) is 7.38. The lowest BCUT2D eigenvalue weighted by molar-refractivity contribution is 0.286. The number of nitrogens with zero attached hydrogens (tertiary/aromatic N) is 2. The largest absolute Gasteiger partial charge is 0.485 e. The Morgan fingerprint density at radius 2 is 2.33 bits per heavy atom. The van der Waals surface area contributed by atoms with Gasteiger partial charge < -0.3 is 15.0 Å². The van der Waals surface area contributed by atoms with E-state index in [0.29, 0.717) is 19.0 Å². The van der Waals surface area contributed by atoms with E-state index in [0.717, 1.165) is 11.3 Å². The summed E-state index contributed by atoms with van der Waals surface area (Å²) in [6.07, 6.45) is 1.27. The molecular weight excluding hydrogens is 194 g/mol. The first-order valence-corrected chi connectivity index (χ1v) is 4.55. The summed E-state index contributed by atoms with van der Waals surface area (Å²) >= 11 is 0. The van der Waals surface area contributed by atoms with Crippen LogP contribution in [0.3, 0.4) is 0 Å². The van der Waals surface area contributed by atoms with Crippen molar-refractivity contribution in [3.63, 3.8) is 0 Å². The van der Waals surface area contributed by atoms with Crippen molar-refractivity contribution in [3.8, 4) is 5.75 Å². The average Bonchev–Trinajstić information content (AvgIpc) is 2.79. The molecule has 0 bridgehead atoms. The highest BCUT2D eigenvalue weighted by Crippen LogP contribution is 2.13. The van der Waals surface area contributed by atoms with Gasteiger partial charge in [-0.05, 0) is 17.7 Å². The molecule has 2 rings (SSSR count). The highest BCUT2D eigenvalue weighted by Gasteiger charge is 2.00. The van der Waals surface area contributed by atoms with E-state index >= 15 is 0 Å². The Balaban J connectivity index is 1.98. The predicted octanol–water partition coefficient (Wildman–Crippen LogP) is 1.11. The quantitative estimate of drug-likeness (QED) is 0.809. The van der Waals surface area contributed by atoms with Gasteiger partial charge >= 0.3 is 0 Å². The third-order valence-electron chi connectivity index (χ3n) is 1.91. The standard InChI is InChI=1S/C10H11N3O2/c11-5-8-2-1-3-9(4-8)14-6-10-12-7-15-13-10/h1-4,7H,5-6,11H2. The molecule has 0 saturated carbocycles. The molecule has 1 aromatic carbocycles. The summed E-state index contributed by atoms with van der Waals surface area (Å²) in [5, 5.41) is 3.64. The van der Waals surface area contributed by atoms with Gasteiger partial charge in [0.1, 0.15) is 5.75 Å². The molecule has 2 N–H and O–H groups in total. The third kappa shape index (κ3) is 2.54. The zero-order valence-corrected chi connectivity index (χ0v) is 8.09. The molecule has 0 fully saturated rings. The van der Waals surface area contributed by atoms with Crippen molar-refractivity contribution in [2.75, 3.05) is 0 Å². The first kappa shape index (κ1) is 9.67. The molecule has 1 aromatic heterocycles. The van der Waals surface area contributed by atoms with E-state index in [1.807, 2.05) is 24.3 Å². The molecule has 2 aromatic rings. The van der Waals surface area contributed by atoms with Crippen LogP contribution in [-0.4, -0.2) is 10.1 Å². The van der Waals surface area contributed by atoms with Crippen LogP contribution in [0.2, 0.25) is 0 Å². The molecule has 1 heterocycles. The topological polar surface area (TPSA) is 74.2 Å². The fourth-order valence-electron chi connectivity index (χ4n) is 1.17. The van der Waals surface area contributed by atoms with E-state index in [4.69, 9.17) is 10.5 Å². The van der Waals surface area contributed by atoms with Gasteiger partial charge in [-0.2, -0.15) is 4.98 Å². The van der Waals surface area contributed by atoms with E-state index in [1.54, 1.807) is 0 Å². The maximum atomic E-state index is 5.51. The van der Waals surface area contributed by atoms with Gasteiger partial charge in [0.05, 0.1) is 0 Å². The summed E-state index contributed by atoms with van der Waals surface area (Å²) in [6.45, 7) is 0.796. The Kier molecular flexibility index (Phi) is 2.94. The van der Waals surface area contributed by atoms with Crippen molar-refractivity contribution < 1.29 is 9.26 Å². The molecule has 15 heavy (non-hydrogen) atoms. The smallest absolute Gasteiger partial charge is 0.213 e. The van der Waals surface area contributed by atoms with E-state index in [1.165, 1.54) is 6.39 Å². The molecule has 0 aliphatic rings. The molecule has 0 radical (unpaired) electrons. The summed E-state index contributed by atoms with van der Waals surface area (Å²) in [4.78, 5) is 3.85. The van der Waals surface area contributed by atoms with Gasteiger partial charge in [0, 0.05) is 6.54 Å². The highest BCUT2D eigenvalue weighted by atomic mass is 16.5. The van der Waals surface area contributed by atoms with Crippen LogP contribution < -0.4 is 10.5 Å². The zero-order valence-electron chi connectivity index (χ0n) is 8.09. The monoisotopic (exact) mass is 205 g/mol. The van der Waals surface area contributed by atoms with Gasteiger partial charge in [-0.3, -0.25) is 0 Å². The van der Waals surface area contributed by atoms with Crippen LogP contribution in [0.5, 0.6) is 5.75 Å². The fourth-order valence-corrected chi connectivity index (χ4v) is 1.17. The van der Waals surface area contributed by atoms with E-state index in [9.17, 15) is 0 Å². The normalized spacial score (nSPS) is 10.2. The van der Waals surface area contributed by atoms with Crippen LogP contribution in [0.1, 0.15) is 11.4 Å². The lowest BCUT2D eigenvalue weighted by Gasteiger charge is -2.04. The van der Waals surface area contributed by atoms with Crippen molar-refractivity contribution in [3.05, 3.63) is 42.0 Å². The lowest BCUT2D eigenvalue weighted by Crippen LogP contribution is -1.99. The third-order valence-corrected chi connectivity index (χ3v) is 1.91. The second-order valence-electron chi connectivity index (χ2n) is 2.99. The number of hydrogen-bond acceptors (Lipinski definition) is 5. The van der Waals surface area contributed by atoms with Crippen LogP contribution in [0, 0.1) is 0 Å². The maximum absolute atomic E-state index is 5.51. The van der Waals surface area contributed by atoms with Crippen LogP contribution in [0.25, 0.3) is 0 Å². The summed E-state index contributed by atoms with van der Waals surface area (Å²) in [5.41, 5.74) is 6.54. The molecule has 0 amide bonds. The number of nitrogens with two attached hydrogens (primary N) is 1. The molecular formula is C10H11N3O2. The summed E-state index contributed by atoms with van der Waals surface area (Å²) < 4.78 is 10.0. The maximum Gasteiger partial charge on any atom is 0.213 e.